The van der Waals surface area contributed by atoms with Gasteiger partial charge in [0.15, 0.2) is 0 Å². The van der Waals surface area contributed by atoms with Gasteiger partial charge in [-0.1, -0.05) is 306 Å². The molecule has 20 aromatic rings. The van der Waals surface area contributed by atoms with Gasteiger partial charge < -0.3 is 28.1 Å². The molecule has 0 fully saturated rings. The van der Waals surface area contributed by atoms with E-state index < -0.39 is 24.8 Å². The van der Waals surface area contributed by atoms with Crippen molar-refractivity contribution in [2.45, 2.75) is 157 Å². The number of nitrogens with zero attached hydrogens (tertiary/aromatic N) is 6. The van der Waals surface area contributed by atoms with E-state index in [2.05, 4.69) is 456 Å². The summed E-state index contributed by atoms with van der Waals surface area (Å²) in [5.74, 6) is 0. The second-order valence-electron chi connectivity index (χ2n) is 41.9. The molecule has 0 amide bonds. The van der Waals surface area contributed by atoms with Crippen molar-refractivity contribution in [3.63, 3.8) is 0 Å². The minimum Gasteiger partial charge on any atom is -0.311 e. The van der Waals surface area contributed by atoms with E-state index in [9.17, 15) is 6.85 Å². The third kappa shape index (κ3) is 12.9. The average Bonchev–Trinajstić information content (AvgIpc) is 1.02. The average molecular weight is 1650 g/mol. The van der Waals surface area contributed by atoms with E-state index in [0.29, 0.717) is 5.56 Å². The lowest BCUT2D eigenvalue weighted by Crippen LogP contribution is -2.61. The van der Waals surface area contributed by atoms with Gasteiger partial charge in [-0.15, -0.1) is 0 Å². The van der Waals surface area contributed by atoms with Gasteiger partial charge in [0.1, 0.15) is 0 Å². The van der Waals surface area contributed by atoms with Crippen LogP contribution in [0.5, 0.6) is 0 Å². The molecular formula is C120H109BN6. The number of fused-ring (bicyclic) bond motifs is 16. The van der Waals surface area contributed by atoms with Crippen LogP contribution in [-0.2, 0) is 32.5 Å². The quantitative estimate of drug-likeness (QED) is 0.135. The highest BCUT2D eigenvalue weighted by Gasteiger charge is 2.46. The molecule has 0 saturated heterocycles. The molecule has 6 heterocycles. The van der Waals surface area contributed by atoms with Crippen LogP contribution in [0.4, 0.5) is 34.1 Å². The molecule has 0 spiro atoms. The van der Waals surface area contributed by atoms with Gasteiger partial charge in [-0.2, -0.15) is 0 Å². The third-order valence-corrected chi connectivity index (χ3v) is 27.5. The zero-order chi connectivity index (χ0) is 92.0. The molecule has 0 unspecified atom stereocenters. The normalized spacial score (nSPS) is 13.9. The van der Waals surface area contributed by atoms with Gasteiger partial charge in [0, 0.05) is 88.6 Å². The summed E-state index contributed by atoms with van der Waals surface area (Å²) in [6.45, 7) is 40.9. The van der Waals surface area contributed by atoms with E-state index in [1.54, 1.807) is 0 Å². The second kappa shape index (κ2) is 28.4. The van der Waals surface area contributed by atoms with Crippen LogP contribution in [0.2, 0.25) is 0 Å². The van der Waals surface area contributed by atoms with Crippen molar-refractivity contribution >= 4 is 144 Å². The first-order valence-electron chi connectivity index (χ1n) is 47.7. The number of hydrogen-bond acceptors (Lipinski definition) is 2. The highest BCUT2D eigenvalue weighted by Crippen LogP contribution is 2.54. The lowest BCUT2D eigenvalue weighted by molar-refractivity contribution is 0.590. The van der Waals surface area contributed by atoms with Crippen molar-refractivity contribution in [1.29, 1.82) is 0 Å². The minimum atomic E-state index is -0.502. The molecular weight excluding hydrogens is 1540 g/mol. The zero-order valence-corrected chi connectivity index (χ0v) is 76.1. The summed E-state index contributed by atoms with van der Waals surface area (Å²) in [5.41, 5.74) is 32.1. The summed E-state index contributed by atoms with van der Waals surface area (Å²) in [7, 11) is 0. The minimum absolute atomic E-state index is 0.0966. The summed E-state index contributed by atoms with van der Waals surface area (Å²) in [6.07, 6.45) is 0. The topological polar surface area (TPSA) is 26.2 Å². The Bertz CT molecular complexity index is 7970. The Labute approximate surface area is 754 Å². The molecule has 2 aliphatic heterocycles. The largest absolute Gasteiger partial charge is 0.311 e. The Morgan fingerprint density at radius 1 is 0.213 bits per heavy atom. The van der Waals surface area contributed by atoms with Crippen LogP contribution in [-0.4, -0.2) is 25.0 Å². The standard InChI is InChI=1S/C120H109BN6/c1-115(2,3)80-45-55-100-92(66-80)93-67-81(116(4,5)6)46-56-101(93)122(100)87-51-53-98-108(72-87)124(89-62-77(74-33-23-19-24-34-74)61-78(63-89)75-35-25-20-26-36-75)110-64-79(76-37-27-21-28-38-76)65-111-112(110)121(98)99-54-52-88(123-102-57-47-82(117(7,8)9)68-94(102)95-69-83(118(10,11)12)48-58-103(95)123)73-109(99)127(111)107-44-32-42-91-90-41-31-43-106(113(90)125(114(91)107)86-39-29-22-30-40-86)126-104-59-49-84(119(13,14)15)70-96(104)97-71-85(120(16,17)18)50-60-105(97)126/h19-73H,1-18H3/i21D,27D,28D,37D,38D. The molecule has 0 bridgehead atoms. The summed E-state index contributed by atoms with van der Waals surface area (Å²) in [4.78, 5) is 4.96. The van der Waals surface area contributed by atoms with Gasteiger partial charge in [-0.25, -0.2) is 0 Å². The first kappa shape index (κ1) is 73.7. The molecule has 7 heteroatoms. The van der Waals surface area contributed by atoms with Crippen LogP contribution < -0.4 is 26.2 Å². The molecule has 16 aromatic carbocycles. The Morgan fingerprint density at radius 2 is 0.551 bits per heavy atom. The fourth-order valence-corrected chi connectivity index (χ4v) is 20.6. The van der Waals surface area contributed by atoms with Gasteiger partial charge >= 0.3 is 0 Å². The molecule has 0 radical (unpaired) electrons. The maximum atomic E-state index is 10.3. The Morgan fingerprint density at radius 3 is 0.937 bits per heavy atom. The molecule has 622 valence electrons. The van der Waals surface area contributed by atoms with Crippen LogP contribution in [0, 0.1) is 0 Å². The number of rotatable bonds is 9. The van der Waals surface area contributed by atoms with Crippen LogP contribution in [0.1, 0.15) is 165 Å². The number of aromatic nitrogens is 4. The summed E-state index contributed by atoms with van der Waals surface area (Å²) in [5, 5.41) is 9.19. The highest BCUT2D eigenvalue weighted by molar-refractivity contribution is 7.00. The fourth-order valence-electron chi connectivity index (χ4n) is 20.6. The Kier molecular flexibility index (Phi) is 16.5. The Hall–Kier alpha value is -13.6. The maximum absolute atomic E-state index is 10.3. The van der Waals surface area contributed by atoms with Gasteiger partial charge in [-0.3, -0.25) is 0 Å². The third-order valence-electron chi connectivity index (χ3n) is 27.5. The number of para-hydroxylation sites is 3. The maximum Gasteiger partial charge on any atom is 0.252 e. The number of benzene rings is 16. The van der Waals surface area contributed by atoms with E-state index in [1.165, 1.54) is 65.7 Å². The second-order valence-corrected chi connectivity index (χ2v) is 41.9. The van der Waals surface area contributed by atoms with E-state index in [1.807, 2.05) is 0 Å². The van der Waals surface area contributed by atoms with E-state index in [4.69, 9.17) is 0 Å². The van der Waals surface area contributed by atoms with Crippen molar-refractivity contribution in [1.82, 2.24) is 18.3 Å². The molecule has 0 atom stereocenters. The van der Waals surface area contributed by atoms with Gasteiger partial charge in [0.05, 0.1) is 62.4 Å². The Balaban J connectivity index is 0.913. The summed E-state index contributed by atoms with van der Waals surface area (Å²) >= 11 is 0. The monoisotopic (exact) mass is 1650 g/mol. The smallest absolute Gasteiger partial charge is 0.252 e. The van der Waals surface area contributed by atoms with Crippen LogP contribution >= 0.6 is 0 Å². The van der Waals surface area contributed by atoms with Crippen LogP contribution in [0.15, 0.2) is 334 Å². The molecule has 127 heavy (non-hydrogen) atoms. The number of anilines is 6. The number of hydrogen-bond donors (Lipinski definition) is 0. The molecule has 6 nitrogen and oxygen atoms in total. The predicted molar refractivity (Wildman–Crippen MR) is 546 cm³/mol. The first-order chi connectivity index (χ1) is 62.8. The van der Waals surface area contributed by atoms with Gasteiger partial charge in [0.25, 0.3) is 6.71 Å². The van der Waals surface area contributed by atoms with E-state index in [-0.39, 0.29) is 50.1 Å². The molecule has 4 aromatic heterocycles. The van der Waals surface area contributed by atoms with Crippen molar-refractivity contribution in [2.75, 3.05) is 9.80 Å². The highest BCUT2D eigenvalue weighted by atomic mass is 15.2. The molecule has 0 N–H and O–H groups in total. The molecule has 0 saturated carbocycles. The summed E-state index contributed by atoms with van der Waals surface area (Å²) in [6, 6.07) is 112. The van der Waals surface area contributed by atoms with Crippen LogP contribution in [0.25, 0.3) is 143 Å². The van der Waals surface area contributed by atoms with E-state index >= 15 is 0 Å². The molecule has 0 aliphatic carbocycles. The fraction of sp³-hybridized carbons (Fsp3) is 0.200. The van der Waals surface area contributed by atoms with Crippen molar-refractivity contribution in [2.24, 2.45) is 0 Å². The SMILES string of the molecule is [2H]c1c([2H])c([2H])c(-c2cc3c4c(c2)N(c2cccc5c6cccc(-n7c8ccc(C(C)(C)C)cc8c8cc(C(C)(C)C)ccc87)c6n(-c6ccccc6)c25)c2cc(-n5c6ccc(C(C)(C)C)cc6c6cc(C(C)(C)C)ccc65)ccc2B4c2ccc(-n4c5ccc(C(C)(C)C)cc5c5cc(C(C)(C)C)ccc54)cc2N3c2cc(-c3ccccc3)cc(-c3ccccc3)c2)c([2H])c1[2H]. The lowest BCUT2D eigenvalue weighted by Gasteiger charge is -2.45. The van der Waals surface area contributed by atoms with Gasteiger partial charge in [-0.05, 0) is 267 Å². The molecule has 2 aliphatic rings. The van der Waals surface area contributed by atoms with Crippen LogP contribution in [0.3, 0.4) is 0 Å². The lowest BCUT2D eigenvalue weighted by atomic mass is 9.33. The predicted octanol–water partition coefficient (Wildman–Crippen LogP) is 30.9. The zero-order valence-electron chi connectivity index (χ0n) is 81.1. The molecule has 22 rings (SSSR count). The van der Waals surface area contributed by atoms with Crippen molar-refractivity contribution < 1.29 is 6.85 Å². The van der Waals surface area contributed by atoms with E-state index in [0.717, 1.165) is 150 Å². The summed E-state index contributed by atoms with van der Waals surface area (Å²) < 4.78 is 59.3. The van der Waals surface area contributed by atoms with Crippen molar-refractivity contribution in [3.8, 4) is 56.1 Å². The van der Waals surface area contributed by atoms with Crippen molar-refractivity contribution in [3.05, 3.63) is 367 Å². The van der Waals surface area contributed by atoms with Gasteiger partial charge in [0.2, 0.25) is 0 Å². The first-order valence-corrected chi connectivity index (χ1v) is 45.2.